The number of hydrogen-bond donors (Lipinski definition) is 0. The summed E-state index contributed by atoms with van der Waals surface area (Å²) < 4.78 is 0. The van der Waals surface area contributed by atoms with Crippen LogP contribution in [0.1, 0.15) is 78.1 Å². The van der Waals surface area contributed by atoms with E-state index < -0.39 is 0 Å². The molecule has 1 heterocycles. The molecule has 1 aliphatic heterocycles. The van der Waals surface area contributed by atoms with Crippen molar-refractivity contribution in [2.75, 3.05) is 19.6 Å². The molecule has 20 heavy (non-hydrogen) atoms. The predicted octanol–water partition coefficient (Wildman–Crippen LogP) is 5.73. The van der Waals surface area contributed by atoms with Gasteiger partial charge in [-0.25, -0.2) is 0 Å². The molecule has 0 aliphatic carbocycles. The van der Waals surface area contributed by atoms with E-state index in [9.17, 15) is 0 Å². The first-order valence-electron chi connectivity index (χ1n) is 8.94. The largest absolute Gasteiger partial charge is 0.299 e. The average Bonchev–Trinajstić information content (AvgIpc) is 2.69. The van der Waals surface area contributed by atoms with Crippen LogP contribution in [0, 0.1) is 0 Å². The molecule has 0 saturated carbocycles. The minimum atomic E-state index is 1.17. The van der Waals surface area contributed by atoms with Crippen molar-refractivity contribution in [3.05, 3.63) is 23.8 Å². The first kappa shape index (κ1) is 17.5. The van der Waals surface area contributed by atoms with Crippen molar-refractivity contribution in [1.29, 1.82) is 0 Å². The van der Waals surface area contributed by atoms with Crippen LogP contribution in [0.25, 0.3) is 0 Å². The second-order valence-electron chi connectivity index (χ2n) is 6.16. The molecular weight excluding hydrogens is 242 g/mol. The smallest absolute Gasteiger partial charge is 0.0230 e. The minimum Gasteiger partial charge on any atom is -0.299 e. The Morgan fingerprint density at radius 2 is 1.75 bits per heavy atom. The van der Waals surface area contributed by atoms with E-state index >= 15 is 0 Å². The first-order chi connectivity index (χ1) is 9.86. The van der Waals surface area contributed by atoms with Crippen LogP contribution >= 0.6 is 0 Å². The normalized spacial score (nSPS) is 18.6. The molecule has 0 radical (unpaired) electrons. The summed E-state index contributed by atoms with van der Waals surface area (Å²) in [5, 5.41) is 0. The molecule has 0 N–H and O–H groups in total. The lowest BCUT2D eigenvalue weighted by molar-refractivity contribution is 0.302. The lowest BCUT2D eigenvalue weighted by Crippen LogP contribution is -2.26. The van der Waals surface area contributed by atoms with Gasteiger partial charge in [-0.15, -0.1) is 0 Å². The molecule has 0 fully saturated rings. The Morgan fingerprint density at radius 3 is 2.55 bits per heavy atom. The number of hydrogen-bond acceptors (Lipinski definition) is 1. The van der Waals surface area contributed by atoms with E-state index in [-0.39, 0.29) is 0 Å². The van der Waals surface area contributed by atoms with Crippen molar-refractivity contribution in [2.24, 2.45) is 0 Å². The lowest BCUT2D eigenvalue weighted by atomic mass is 10.1. The van der Waals surface area contributed by atoms with Crippen LogP contribution in [0.5, 0.6) is 0 Å². The molecule has 0 aromatic heterocycles. The summed E-state index contributed by atoms with van der Waals surface area (Å²) in [5.41, 5.74) is 1.55. The maximum absolute atomic E-state index is 2.62. The van der Waals surface area contributed by atoms with Crippen molar-refractivity contribution in [3.63, 3.8) is 0 Å². The fraction of sp³-hybridized carbons (Fsp3) is 0.789. The van der Waals surface area contributed by atoms with Crippen molar-refractivity contribution >= 4 is 0 Å². The van der Waals surface area contributed by atoms with Gasteiger partial charge in [0, 0.05) is 13.1 Å². The van der Waals surface area contributed by atoms with Crippen LogP contribution in [-0.2, 0) is 0 Å². The van der Waals surface area contributed by atoms with E-state index in [0.717, 1.165) is 0 Å². The van der Waals surface area contributed by atoms with Crippen molar-refractivity contribution in [3.8, 4) is 0 Å². The molecular formula is C19H35N. The maximum Gasteiger partial charge on any atom is 0.0230 e. The summed E-state index contributed by atoms with van der Waals surface area (Å²) >= 11 is 0. The Morgan fingerprint density at radius 1 is 1.00 bits per heavy atom. The molecule has 0 bridgehead atoms. The van der Waals surface area contributed by atoms with Crippen molar-refractivity contribution in [2.45, 2.75) is 78.1 Å². The van der Waals surface area contributed by atoms with E-state index in [1.807, 2.05) is 0 Å². The van der Waals surface area contributed by atoms with E-state index in [1.54, 1.807) is 5.57 Å². The van der Waals surface area contributed by atoms with Crippen LogP contribution in [-0.4, -0.2) is 24.5 Å². The first-order valence-corrected chi connectivity index (χ1v) is 8.94. The second kappa shape index (κ2) is 12.2. The fourth-order valence-corrected chi connectivity index (χ4v) is 2.80. The number of allylic oxidation sites excluding steroid dienone is 1. The van der Waals surface area contributed by atoms with Gasteiger partial charge in [0.2, 0.25) is 0 Å². The summed E-state index contributed by atoms with van der Waals surface area (Å²) in [5.74, 6) is 0. The van der Waals surface area contributed by atoms with Crippen LogP contribution < -0.4 is 0 Å². The van der Waals surface area contributed by atoms with Gasteiger partial charge in [-0.3, -0.25) is 4.90 Å². The molecule has 0 aromatic rings. The van der Waals surface area contributed by atoms with Crippen molar-refractivity contribution < 1.29 is 0 Å². The Labute approximate surface area is 127 Å². The molecule has 0 saturated heterocycles. The van der Waals surface area contributed by atoms with Gasteiger partial charge < -0.3 is 0 Å². The summed E-state index contributed by atoms with van der Waals surface area (Å²) in [6.45, 7) is 8.25. The number of nitrogens with zero attached hydrogens (tertiary/aromatic N) is 1. The molecule has 0 amide bonds. The average molecular weight is 277 g/mol. The molecule has 1 nitrogen and oxygen atoms in total. The quantitative estimate of drug-likeness (QED) is 0.461. The summed E-state index contributed by atoms with van der Waals surface area (Å²) in [6, 6.07) is 0. The number of unbranched alkanes of at least 4 members (excludes halogenated alkanes) is 7. The summed E-state index contributed by atoms with van der Waals surface area (Å²) in [4.78, 5) is 2.62. The molecule has 0 aromatic carbocycles. The Kier molecular flexibility index (Phi) is 10.7. The number of rotatable bonds is 10. The van der Waals surface area contributed by atoms with E-state index in [2.05, 4.69) is 37.0 Å². The highest BCUT2D eigenvalue weighted by molar-refractivity contribution is 5.21. The SMILES string of the molecule is CCCCCCCC/C=C1/C=CCCN(CCCC)C1. The standard InChI is InChI=1S/C19H35N/c1-3-5-7-8-9-10-11-14-19-15-12-13-17-20(18-19)16-6-4-2/h12,14-15H,3-11,13,16-18H2,1-2H3/b19-14-. The molecule has 1 aliphatic rings. The predicted molar refractivity (Wildman–Crippen MR) is 91.2 cm³/mol. The van der Waals surface area contributed by atoms with Crippen molar-refractivity contribution in [1.82, 2.24) is 4.90 Å². The zero-order valence-electron chi connectivity index (χ0n) is 13.9. The van der Waals surface area contributed by atoms with Crippen LogP contribution in [0.4, 0.5) is 0 Å². The van der Waals surface area contributed by atoms with Crippen LogP contribution in [0.2, 0.25) is 0 Å². The third-order valence-corrected chi connectivity index (χ3v) is 4.14. The van der Waals surface area contributed by atoms with Gasteiger partial charge in [-0.1, -0.05) is 70.6 Å². The fourth-order valence-electron chi connectivity index (χ4n) is 2.80. The summed E-state index contributed by atoms with van der Waals surface area (Å²) in [6.07, 6.45) is 20.7. The molecule has 0 atom stereocenters. The van der Waals surface area contributed by atoms with Gasteiger partial charge in [0.25, 0.3) is 0 Å². The van der Waals surface area contributed by atoms with Gasteiger partial charge in [0.1, 0.15) is 0 Å². The molecule has 116 valence electrons. The zero-order chi connectivity index (χ0) is 14.5. The Balaban J connectivity index is 2.19. The van der Waals surface area contributed by atoms with E-state index in [0.29, 0.717) is 0 Å². The van der Waals surface area contributed by atoms with Crippen LogP contribution in [0.3, 0.4) is 0 Å². The highest BCUT2D eigenvalue weighted by atomic mass is 15.1. The Hall–Kier alpha value is -0.560. The minimum absolute atomic E-state index is 1.17. The maximum atomic E-state index is 2.62. The van der Waals surface area contributed by atoms with Gasteiger partial charge in [0.15, 0.2) is 0 Å². The molecule has 0 unspecified atom stereocenters. The van der Waals surface area contributed by atoms with E-state index in [1.165, 1.54) is 83.8 Å². The third-order valence-electron chi connectivity index (χ3n) is 4.14. The third kappa shape index (κ3) is 8.58. The summed E-state index contributed by atoms with van der Waals surface area (Å²) in [7, 11) is 0. The van der Waals surface area contributed by atoms with Gasteiger partial charge in [0.05, 0.1) is 0 Å². The van der Waals surface area contributed by atoms with Gasteiger partial charge >= 0.3 is 0 Å². The molecule has 1 heteroatoms. The highest BCUT2D eigenvalue weighted by Gasteiger charge is 2.07. The van der Waals surface area contributed by atoms with Gasteiger partial charge in [-0.05, 0) is 37.8 Å². The van der Waals surface area contributed by atoms with Gasteiger partial charge in [-0.2, -0.15) is 0 Å². The molecule has 0 spiro atoms. The molecule has 1 rings (SSSR count). The highest BCUT2D eigenvalue weighted by Crippen LogP contribution is 2.13. The topological polar surface area (TPSA) is 3.24 Å². The van der Waals surface area contributed by atoms with Crippen LogP contribution in [0.15, 0.2) is 23.8 Å². The Bertz CT molecular complexity index is 277. The lowest BCUT2D eigenvalue weighted by Gasteiger charge is -2.20. The monoisotopic (exact) mass is 277 g/mol. The second-order valence-corrected chi connectivity index (χ2v) is 6.16. The van der Waals surface area contributed by atoms with E-state index in [4.69, 9.17) is 0 Å². The zero-order valence-corrected chi connectivity index (χ0v) is 13.9.